The van der Waals surface area contributed by atoms with Crippen molar-refractivity contribution in [1.82, 2.24) is 0 Å². The van der Waals surface area contributed by atoms with Crippen molar-refractivity contribution in [1.29, 1.82) is 0 Å². The molecule has 1 aromatic heterocycles. The summed E-state index contributed by atoms with van der Waals surface area (Å²) in [6.07, 6.45) is 2.01. The lowest BCUT2D eigenvalue weighted by Gasteiger charge is -2.09. The number of furan rings is 1. The van der Waals surface area contributed by atoms with Gasteiger partial charge in [0, 0.05) is 11.6 Å². The van der Waals surface area contributed by atoms with E-state index in [9.17, 15) is 4.39 Å². The van der Waals surface area contributed by atoms with Crippen LogP contribution < -0.4 is 5.73 Å². The molecule has 1 heterocycles. The largest absolute Gasteiger partial charge is 0.453 e. The number of benzene rings is 1. The number of nitrogens with two attached hydrogens (primary N) is 1. The normalized spacial score (nSPS) is 12.7. The minimum absolute atomic E-state index is 0.261. The zero-order chi connectivity index (χ0) is 11.5. The lowest BCUT2D eigenvalue weighted by Crippen LogP contribution is -2.13. The highest BCUT2D eigenvalue weighted by atomic mass is 35.5. The Morgan fingerprint density at radius 2 is 2.19 bits per heavy atom. The summed E-state index contributed by atoms with van der Waals surface area (Å²) in [5.74, 6) is -0.261. The minimum Gasteiger partial charge on any atom is -0.453 e. The van der Waals surface area contributed by atoms with E-state index in [4.69, 9.17) is 21.8 Å². The Balaban J connectivity index is 2.14. The molecule has 2 N–H and O–H groups in total. The molecule has 0 amide bonds. The molecule has 2 nitrogen and oxygen atoms in total. The van der Waals surface area contributed by atoms with Crippen LogP contribution in [0.5, 0.6) is 0 Å². The molecule has 0 bridgehead atoms. The second-order valence-electron chi connectivity index (χ2n) is 3.59. The molecule has 0 aliphatic rings. The van der Waals surface area contributed by atoms with Crippen LogP contribution in [-0.4, -0.2) is 0 Å². The summed E-state index contributed by atoms with van der Waals surface area (Å²) < 4.78 is 17.9. The van der Waals surface area contributed by atoms with E-state index < -0.39 is 0 Å². The van der Waals surface area contributed by atoms with Gasteiger partial charge >= 0.3 is 0 Å². The molecular weight excluding hydrogens is 229 g/mol. The molecule has 0 saturated carbocycles. The van der Waals surface area contributed by atoms with Crippen LogP contribution in [0.15, 0.2) is 41.0 Å². The third-order valence-electron chi connectivity index (χ3n) is 2.39. The average molecular weight is 240 g/mol. The molecule has 2 aromatic rings. The number of hydrogen-bond donors (Lipinski definition) is 1. The lowest BCUT2D eigenvalue weighted by molar-refractivity contribution is 0.560. The molecule has 1 unspecified atom stereocenters. The van der Waals surface area contributed by atoms with Crippen LogP contribution in [0.2, 0.25) is 5.22 Å². The van der Waals surface area contributed by atoms with Gasteiger partial charge in [-0.1, -0.05) is 12.1 Å². The molecule has 0 aliphatic carbocycles. The van der Waals surface area contributed by atoms with Crippen molar-refractivity contribution in [3.63, 3.8) is 0 Å². The number of hydrogen-bond acceptors (Lipinski definition) is 2. The predicted molar refractivity (Wildman–Crippen MR) is 60.8 cm³/mol. The number of halogens is 2. The maximum absolute atomic E-state index is 13.0. The van der Waals surface area contributed by atoms with Gasteiger partial charge in [-0.3, -0.25) is 0 Å². The van der Waals surface area contributed by atoms with Gasteiger partial charge in [0.15, 0.2) is 5.22 Å². The second kappa shape index (κ2) is 4.68. The van der Waals surface area contributed by atoms with Crippen molar-refractivity contribution < 1.29 is 8.81 Å². The first-order valence-corrected chi connectivity index (χ1v) is 5.27. The van der Waals surface area contributed by atoms with Gasteiger partial charge in [-0.25, -0.2) is 4.39 Å². The molecule has 84 valence electrons. The van der Waals surface area contributed by atoms with Gasteiger partial charge in [0.1, 0.15) is 5.82 Å². The van der Waals surface area contributed by atoms with Crippen LogP contribution >= 0.6 is 11.6 Å². The molecule has 0 saturated heterocycles. The molecule has 0 aliphatic heterocycles. The Morgan fingerprint density at radius 1 is 1.38 bits per heavy atom. The first-order chi connectivity index (χ1) is 7.66. The van der Waals surface area contributed by atoms with E-state index >= 15 is 0 Å². The van der Waals surface area contributed by atoms with Crippen molar-refractivity contribution in [2.75, 3.05) is 0 Å². The maximum atomic E-state index is 13.0. The Hall–Kier alpha value is -1.32. The predicted octanol–water partition coefficient (Wildman–Crippen LogP) is 3.31. The van der Waals surface area contributed by atoms with E-state index in [0.717, 1.165) is 11.1 Å². The highest BCUT2D eigenvalue weighted by Gasteiger charge is 2.13. The summed E-state index contributed by atoms with van der Waals surface area (Å²) in [7, 11) is 0. The van der Waals surface area contributed by atoms with E-state index in [1.54, 1.807) is 12.1 Å². The van der Waals surface area contributed by atoms with Gasteiger partial charge in [0.2, 0.25) is 0 Å². The van der Waals surface area contributed by atoms with Crippen molar-refractivity contribution >= 4 is 11.6 Å². The molecule has 0 spiro atoms. The summed E-state index contributed by atoms with van der Waals surface area (Å²) in [4.78, 5) is 0. The Bertz CT molecular complexity index is 483. The van der Waals surface area contributed by atoms with E-state index in [2.05, 4.69) is 0 Å². The summed E-state index contributed by atoms with van der Waals surface area (Å²) in [6.45, 7) is 0. The van der Waals surface area contributed by atoms with Crippen molar-refractivity contribution in [3.05, 3.63) is 58.8 Å². The molecule has 4 heteroatoms. The quantitative estimate of drug-likeness (QED) is 0.893. The Labute approximate surface area is 97.8 Å². The third kappa shape index (κ3) is 2.43. The molecule has 0 radical (unpaired) electrons. The smallest absolute Gasteiger partial charge is 0.197 e. The first kappa shape index (κ1) is 11.2. The molecule has 1 aromatic carbocycles. The zero-order valence-electron chi connectivity index (χ0n) is 8.49. The number of rotatable bonds is 3. The first-order valence-electron chi connectivity index (χ1n) is 4.89. The Kier molecular flexibility index (Phi) is 3.27. The SMILES string of the molecule is NC(Cc1cccc(F)c1)c1ccoc1Cl. The summed E-state index contributed by atoms with van der Waals surface area (Å²) in [6, 6.07) is 7.80. The molecular formula is C12H11ClFNO. The molecule has 1 atom stereocenters. The second-order valence-corrected chi connectivity index (χ2v) is 3.93. The molecule has 0 fully saturated rings. The molecule has 2 rings (SSSR count). The molecule has 16 heavy (non-hydrogen) atoms. The van der Waals surface area contributed by atoms with Gasteiger partial charge in [-0.05, 0) is 41.8 Å². The highest BCUT2D eigenvalue weighted by Crippen LogP contribution is 2.25. The minimum atomic E-state index is -0.284. The van der Waals surface area contributed by atoms with Crippen LogP contribution in [0.25, 0.3) is 0 Å². The lowest BCUT2D eigenvalue weighted by atomic mass is 10.0. The summed E-state index contributed by atoms with van der Waals surface area (Å²) in [5, 5.41) is 0.295. The topological polar surface area (TPSA) is 39.2 Å². The maximum Gasteiger partial charge on any atom is 0.197 e. The van der Waals surface area contributed by atoms with Crippen molar-refractivity contribution in [2.24, 2.45) is 5.73 Å². The van der Waals surface area contributed by atoms with E-state index in [1.807, 2.05) is 6.07 Å². The zero-order valence-corrected chi connectivity index (χ0v) is 9.25. The Morgan fingerprint density at radius 3 is 2.81 bits per heavy atom. The van der Waals surface area contributed by atoms with Gasteiger partial charge in [0.05, 0.1) is 6.26 Å². The van der Waals surface area contributed by atoms with Gasteiger partial charge in [-0.15, -0.1) is 0 Å². The van der Waals surface area contributed by atoms with E-state index in [0.29, 0.717) is 11.6 Å². The third-order valence-corrected chi connectivity index (χ3v) is 2.70. The monoisotopic (exact) mass is 239 g/mol. The average Bonchev–Trinajstić information content (AvgIpc) is 2.64. The fourth-order valence-corrected chi connectivity index (χ4v) is 1.85. The fourth-order valence-electron chi connectivity index (χ4n) is 1.60. The van der Waals surface area contributed by atoms with Crippen molar-refractivity contribution in [2.45, 2.75) is 12.5 Å². The van der Waals surface area contributed by atoms with Crippen LogP contribution in [0.3, 0.4) is 0 Å². The highest BCUT2D eigenvalue weighted by molar-refractivity contribution is 6.29. The van der Waals surface area contributed by atoms with Crippen LogP contribution in [0, 0.1) is 5.82 Å². The van der Waals surface area contributed by atoms with Crippen LogP contribution in [0.1, 0.15) is 17.2 Å². The van der Waals surface area contributed by atoms with Crippen molar-refractivity contribution in [3.8, 4) is 0 Å². The van der Waals surface area contributed by atoms with Gasteiger partial charge in [0.25, 0.3) is 0 Å². The van der Waals surface area contributed by atoms with E-state index in [1.165, 1.54) is 18.4 Å². The standard InChI is InChI=1S/C12H11ClFNO/c13-12-10(4-5-16-12)11(15)7-8-2-1-3-9(14)6-8/h1-6,11H,7,15H2. The fraction of sp³-hybridized carbons (Fsp3) is 0.167. The van der Waals surface area contributed by atoms with E-state index in [-0.39, 0.29) is 11.9 Å². The van der Waals surface area contributed by atoms with Crippen LogP contribution in [-0.2, 0) is 6.42 Å². The van der Waals surface area contributed by atoms with Gasteiger partial charge in [-0.2, -0.15) is 0 Å². The summed E-state index contributed by atoms with van der Waals surface area (Å²) in [5.41, 5.74) is 7.53. The van der Waals surface area contributed by atoms with Gasteiger partial charge < -0.3 is 10.2 Å². The van der Waals surface area contributed by atoms with Crippen LogP contribution in [0.4, 0.5) is 4.39 Å². The summed E-state index contributed by atoms with van der Waals surface area (Å²) >= 11 is 5.81.